The van der Waals surface area contributed by atoms with Crippen molar-refractivity contribution in [1.82, 2.24) is 4.98 Å². The summed E-state index contributed by atoms with van der Waals surface area (Å²) in [4.78, 5) is 21.0. The van der Waals surface area contributed by atoms with E-state index in [9.17, 15) is 4.79 Å². The molecule has 0 bridgehead atoms. The predicted octanol–water partition coefficient (Wildman–Crippen LogP) is 1.45. The van der Waals surface area contributed by atoms with Gasteiger partial charge in [0, 0.05) is 25.5 Å². The Labute approximate surface area is 126 Å². The van der Waals surface area contributed by atoms with Gasteiger partial charge in [-0.3, -0.25) is 0 Å². The highest BCUT2D eigenvalue weighted by Crippen LogP contribution is 2.47. The quantitative estimate of drug-likeness (QED) is 0.469. The molecule has 1 aliphatic carbocycles. The predicted molar refractivity (Wildman–Crippen MR) is 79.4 cm³/mol. The van der Waals surface area contributed by atoms with Gasteiger partial charge >= 0.3 is 15.6 Å². The van der Waals surface area contributed by atoms with Crippen molar-refractivity contribution in [2.45, 2.75) is 19.3 Å². The van der Waals surface area contributed by atoms with Gasteiger partial charge in [-0.15, -0.1) is 0 Å². The van der Waals surface area contributed by atoms with E-state index in [2.05, 4.69) is 16.6 Å². The van der Waals surface area contributed by atoms with Crippen LogP contribution in [0.1, 0.15) is 35.2 Å². The maximum Gasteiger partial charge on any atom is 0.352 e. The van der Waals surface area contributed by atoms with Crippen LogP contribution in [0, 0.1) is 10.6 Å². The van der Waals surface area contributed by atoms with Crippen LogP contribution in [-0.4, -0.2) is 31.3 Å². The molecule has 0 radical (unpaired) electrons. The smallest absolute Gasteiger partial charge is 0.352 e. The summed E-state index contributed by atoms with van der Waals surface area (Å²) in [7, 11) is 1.70. The van der Waals surface area contributed by atoms with Crippen LogP contribution in [0.4, 0.5) is 0 Å². The third-order valence-corrected chi connectivity index (χ3v) is 4.50. The standard InChI is InChI=1S/C15H17N2O3S/c1-4-20-15(18)11-6-16-14-13(17-8(2)21-14)12(11)10-5-9(10)7-19-3/h6,9-10H,2,4-5,7H2,1,3H3/q+1/t9-,10+/m0/s1. The number of aromatic nitrogens is 1. The number of fused-ring (bicyclic) bond motifs is 1. The lowest BCUT2D eigenvalue weighted by Gasteiger charge is -2.07. The van der Waals surface area contributed by atoms with Crippen LogP contribution in [0.15, 0.2) is 22.8 Å². The SMILES string of the molecule is C=C1N=c2c([C@@H]3C[C@H]3COC)c(C(=O)OCC)cnc2=[S+]1. The van der Waals surface area contributed by atoms with Crippen molar-refractivity contribution in [2.75, 3.05) is 20.3 Å². The Balaban J connectivity index is 2.09. The number of hydrogen-bond donors (Lipinski definition) is 0. The molecule has 0 unspecified atom stereocenters. The number of carbonyl (C=O) groups excluding carboxylic acids is 1. The van der Waals surface area contributed by atoms with Gasteiger partial charge in [0.05, 0.1) is 12.2 Å². The molecule has 2 heterocycles. The first-order valence-corrected chi connectivity index (χ1v) is 7.74. The molecule has 2 aliphatic rings. The fourth-order valence-electron chi connectivity index (χ4n) is 2.68. The monoisotopic (exact) mass is 305 g/mol. The Morgan fingerprint density at radius 1 is 1.57 bits per heavy atom. The summed E-state index contributed by atoms with van der Waals surface area (Å²) in [5, 5.41) is 1.50. The maximum atomic E-state index is 12.2. The van der Waals surface area contributed by atoms with Gasteiger partial charge in [-0.1, -0.05) is 0 Å². The third-order valence-electron chi connectivity index (χ3n) is 3.68. The van der Waals surface area contributed by atoms with Crippen molar-refractivity contribution in [2.24, 2.45) is 10.9 Å². The minimum absolute atomic E-state index is 0.288. The van der Waals surface area contributed by atoms with Gasteiger partial charge in [0.2, 0.25) is 0 Å². The molecule has 0 spiro atoms. The number of rotatable bonds is 5. The zero-order chi connectivity index (χ0) is 15.0. The number of methoxy groups -OCH3 is 1. The second-order valence-corrected chi connectivity index (χ2v) is 6.19. The summed E-state index contributed by atoms with van der Waals surface area (Å²) in [6.07, 6.45) is 2.61. The van der Waals surface area contributed by atoms with Crippen molar-refractivity contribution in [1.29, 1.82) is 0 Å². The van der Waals surface area contributed by atoms with E-state index in [0.29, 0.717) is 29.7 Å². The van der Waals surface area contributed by atoms with Crippen molar-refractivity contribution >= 4 is 17.3 Å². The second kappa shape index (κ2) is 5.61. The van der Waals surface area contributed by atoms with Crippen LogP contribution < -0.4 is 5.36 Å². The van der Waals surface area contributed by atoms with Gasteiger partial charge in [0.25, 0.3) is 11.4 Å². The molecule has 110 valence electrons. The van der Waals surface area contributed by atoms with Crippen molar-refractivity contribution in [3.8, 4) is 0 Å². The summed E-state index contributed by atoms with van der Waals surface area (Å²) in [6.45, 7) is 6.71. The van der Waals surface area contributed by atoms with E-state index >= 15 is 0 Å². The summed E-state index contributed by atoms with van der Waals surface area (Å²) >= 11 is 1.44. The zero-order valence-corrected chi connectivity index (χ0v) is 12.9. The Morgan fingerprint density at radius 3 is 3.10 bits per heavy atom. The average molecular weight is 305 g/mol. The zero-order valence-electron chi connectivity index (χ0n) is 12.1. The molecular formula is C15H17N2O3S+. The molecule has 21 heavy (non-hydrogen) atoms. The van der Waals surface area contributed by atoms with Crippen LogP contribution in [0.5, 0.6) is 0 Å². The molecule has 1 fully saturated rings. The second-order valence-electron chi connectivity index (χ2n) is 5.12. The largest absolute Gasteiger partial charge is 0.462 e. The number of esters is 1. The summed E-state index contributed by atoms with van der Waals surface area (Å²) in [6, 6.07) is 0. The fourth-order valence-corrected chi connectivity index (χ4v) is 3.40. The van der Waals surface area contributed by atoms with Gasteiger partial charge in [-0.2, -0.15) is 9.98 Å². The molecule has 6 heteroatoms. The number of nitrogens with zero attached hydrogens (tertiary/aromatic N) is 2. The normalized spacial score (nSPS) is 22.3. The molecule has 2 atom stereocenters. The highest BCUT2D eigenvalue weighted by Gasteiger charge is 2.43. The highest BCUT2D eigenvalue weighted by atomic mass is 32.1. The first kappa shape index (κ1) is 14.3. The van der Waals surface area contributed by atoms with Crippen molar-refractivity contribution in [3.63, 3.8) is 0 Å². The van der Waals surface area contributed by atoms with E-state index < -0.39 is 0 Å². The van der Waals surface area contributed by atoms with E-state index in [0.717, 1.165) is 22.0 Å². The number of carbonyl (C=O) groups is 1. The Morgan fingerprint density at radius 2 is 2.38 bits per heavy atom. The number of hydrogen-bond acceptors (Lipinski definition) is 5. The van der Waals surface area contributed by atoms with E-state index in [1.165, 1.54) is 11.4 Å². The lowest BCUT2D eigenvalue weighted by molar-refractivity contribution is 0.0524. The van der Waals surface area contributed by atoms with Crippen molar-refractivity contribution in [3.05, 3.63) is 38.9 Å². The van der Waals surface area contributed by atoms with Crippen LogP contribution in [0.25, 0.3) is 0 Å². The van der Waals surface area contributed by atoms with E-state index in [-0.39, 0.29) is 11.9 Å². The van der Waals surface area contributed by atoms with Crippen LogP contribution in [-0.2, 0) is 20.8 Å². The van der Waals surface area contributed by atoms with Gasteiger partial charge in [-0.05, 0) is 31.8 Å². The van der Waals surface area contributed by atoms with Gasteiger partial charge < -0.3 is 9.47 Å². The highest BCUT2D eigenvalue weighted by molar-refractivity contribution is 7.74. The fraction of sp³-hybridized carbons (Fsp3) is 0.467. The molecule has 1 aromatic heterocycles. The van der Waals surface area contributed by atoms with Crippen LogP contribution in [0.3, 0.4) is 0 Å². The molecule has 1 saturated carbocycles. The summed E-state index contributed by atoms with van der Waals surface area (Å²) in [5.74, 6) is 0.392. The van der Waals surface area contributed by atoms with Gasteiger partial charge in [-0.25, -0.2) is 4.79 Å². The molecule has 5 nitrogen and oxygen atoms in total. The molecule has 1 aliphatic heterocycles. The number of pyridine rings is 1. The van der Waals surface area contributed by atoms with E-state index in [1.807, 2.05) is 0 Å². The lowest BCUT2D eigenvalue weighted by atomic mass is 10.0. The summed E-state index contributed by atoms with van der Waals surface area (Å²) in [5.41, 5.74) is 1.48. The summed E-state index contributed by atoms with van der Waals surface area (Å²) < 4.78 is 11.2. The average Bonchev–Trinajstić information content (AvgIpc) is 3.09. The minimum Gasteiger partial charge on any atom is -0.462 e. The first-order chi connectivity index (χ1) is 10.2. The molecule has 0 amide bonds. The molecule has 1 aromatic rings. The van der Waals surface area contributed by atoms with E-state index in [4.69, 9.17) is 9.47 Å². The maximum absolute atomic E-state index is 12.2. The van der Waals surface area contributed by atoms with Crippen LogP contribution >= 0.6 is 0 Å². The Kier molecular flexibility index (Phi) is 3.82. The van der Waals surface area contributed by atoms with Gasteiger partial charge in [0.15, 0.2) is 5.36 Å². The molecule has 0 N–H and O–H groups in total. The number of ether oxygens (including phenoxy) is 2. The van der Waals surface area contributed by atoms with E-state index in [1.54, 1.807) is 20.2 Å². The molecule has 3 rings (SSSR count). The first-order valence-electron chi connectivity index (χ1n) is 6.93. The molecule has 0 aromatic carbocycles. The van der Waals surface area contributed by atoms with Gasteiger partial charge in [0.1, 0.15) is 0 Å². The third kappa shape index (κ3) is 2.61. The Bertz CT molecular complexity index is 729. The topological polar surface area (TPSA) is 60.8 Å². The minimum atomic E-state index is -0.330. The van der Waals surface area contributed by atoms with Crippen molar-refractivity contribution < 1.29 is 14.3 Å². The molecule has 0 saturated heterocycles. The van der Waals surface area contributed by atoms with Crippen LogP contribution in [0.2, 0.25) is 0 Å². The lowest BCUT2D eigenvalue weighted by Crippen LogP contribution is -2.19. The Hall–Kier alpha value is -1.66. The molecular weight excluding hydrogens is 288 g/mol.